The van der Waals surface area contributed by atoms with Crippen LogP contribution in [0.1, 0.15) is 17.8 Å². The summed E-state index contributed by atoms with van der Waals surface area (Å²) in [5.41, 5.74) is 0. The highest BCUT2D eigenvalue weighted by Crippen LogP contribution is 2.36. The Hall–Kier alpha value is -0.120. The van der Waals surface area contributed by atoms with Crippen LogP contribution in [0.25, 0.3) is 0 Å². The number of carbonyl (C=O) groups is 1. The standard InChI is InChI=1S/C10H10Br2F3NO2S/c1-2-18-9(17)7(16-4-10(13,14)15)6-3-5(11)8(12)19-6/h3,7,16H,2,4H2,1H3. The van der Waals surface area contributed by atoms with E-state index in [1.807, 2.05) is 0 Å². The van der Waals surface area contributed by atoms with Crippen LogP contribution < -0.4 is 5.32 Å². The summed E-state index contributed by atoms with van der Waals surface area (Å²) in [4.78, 5) is 12.2. The van der Waals surface area contributed by atoms with E-state index in [1.165, 1.54) is 11.3 Å². The molecule has 1 N–H and O–H groups in total. The molecule has 19 heavy (non-hydrogen) atoms. The number of rotatable bonds is 5. The molecule has 0 aliphatic heterocycles. The largest absolute Gasteiger partial charge is 0.465 e. The molecule has 0 spiro atoms. The zero-order valence-electron chi connectivity index (χ0n) is 9.68. The summed E-state index contributed by atoms with van der Waals surface area (Å²) in [7, 11) is 0. The third-order valence-corrected chi connectivity index (χ3v) is 5.30. The van der Waals surface area contributed by atoms with Crippen molar-refractivity contribution in [3.05, 3.63) is 19.2 Å². The van der Waals surface area contributed by atoms with Crippen molar-refractivity contribution in [1.82, 2.24) is 5.32 Å². The number of thiophene rings is 1. The summed E-state index contributed by atoms with van der Waals surface area (Å²) in [5, 5.41) is 2.17. The van der Waals surface area contributed by atoms with Gasteiger partial charge < -0.3 is 4.74 Å². The van der Waals surface area contributed by atoms with Crippen molar-refractivity contribution in [2.75, 3.05) is 13.2 Å². The number of alkyl halides is 3. The Morgan fingerprint density at radius 2 is 2.16 bits per heavy atom. The van der Waals surface area contributed by atoms with Gasteiger partial charge in [-0.1, -0.05) is 0 Å². The quantitative estimate of drug-likeness (QED) is 0.725. The fraction of sp³-hybridized carbons (Fsp3) is 0.500. The zero-order chi connectivity index (χ0) is 14.6. The minimum Gasteiger partial charge on any atom is -0.465 e. The van der Waals surface area contributed by atoms with E-state index in [4.69, 9.17) is 4.74 Å². The maximum Gasteiger partial charge on any atom is 0.401 e. The minimum absolute atomic E-state index is 0.108. The molecule has 0 amide bonds. The average Bonchev–Trinajstić information content (AvgIpc) is 2.58. The first-order valence-corrected chi connectivity index (χ1v) is 7.56. The van der Waals surface area contributed by atoms with Crippen LogP contribution in [0.5, 0.6) is 0 Å². The molecule has 0 aliphatic carbocycles. The van der Waals surface area contributed by atoms with Gasteiger partial charge in [-0.25, -0.2) is 4.79 Å². The third kappa shape index (κ3) is 5.41. The Morgan fingerprint density at radius 3 is 2.58 bits per heavy atom. The Balaban J connectivity index is 2.89. The lowest BCUT2D eigenvalue weighted by atomic mass is 10.2. The predicted octanol–water partition coefficient (Wildman–Crippen LogP) is 4.03. The highest BCUT2D eigenvalue weighted by molar-refractivity contribution is 9.13. The summed E-state index contributed by atoms with van der Waals surface area (Å²) < 4.78 is 42.9. The molecule has 0 aromatic carbocycles. The summed E-state index contributed by atoms with van der Waals surface area (Å²) in [5.74, 6) is -0.729. The molecule has 1 aromatic heterocycles. The van der Waals surface area contributed by atoms with Gasteiger partial charge >= 0.3 is 12.1 Å². The maximum atomic E-state index is 12.2. The molecule has 108 valence electrons. The fourth-order valence-electron chi connectivity index (χ4n) is 1.25. The van der Waals surface area contributed by atoms with Gasteiger partial charge in [0.2, 0.25) is 0 Å². The number of hydrogen-bond acceptors (Lipinski definition) is 4. The molecule has 0 bridgehead atoms. The van der Waals surface area contributed by atoms with E-state index in [9.17, 15) is 18.0 Å². The minimum atomic E-state index is -4.39. The second-order valence-corrected chi connectivity index (χ2v) is 6.71. The molecular weight excluding hydrogens is 415 g/mol. The molecule has 1 atom stereocenters. The molecule has 0 fully saturated rings. The lowest BCUT2D eigenvalue weighted by Gasteiger charge is -2.17. The number of nitrogens with one attached hydrogen (secondary N) is 1. The SMILES string of the molecule is CCOC(=O)C(NCC(F)(F)F)c1cc(Br)c(Br)s1. The molecule has 9 heteroatoms. The van der Waals surface area contributed by atoms with Crippen molar-refractivity contribution in [1.29, 1.82) is 0 Å². The first kappa shape index (κ1) is 16.9. The Morgan fingerprint density at radius 1 is 1.53 bits per heavy atom. The number of ether oxygens (including phenoxy) is 1. The van der Waals surface area contributed by atoms with E-state index in [1.54, 1.807) is 13.0 Å². The van der Waals surface area contributed by atoms with E-state index in [0.29, 0.717) is 13.1 Å². The Kier molecular flexibility index (Phi) is 6.28. The van der Waals surface area contributed by atoms with Crippen LogP contribution in [0.15, 0.2) is 14.3 Å². The average molecular weight is 425 g/mol. The predicted molar refractivity (Wildman–Crippen MR) is 73.2 cm³/mol. The van der Waals surface area contributed by atoms with Crippen LogP contribution >= 0.6 is 43.2 Å². The lowest BCUT2D eigenvalue weighted by molar-refractivity contribution is -0.148. The van der Waals surface area contributed by atoms with E-state index in [0.717, 1.165) is 0 Å². The van der Waals surface area contributed by atoms with E-state index < -0.39 is 24.7 Å². The Labute approximate surface area is 128 Å². The van der Waals surface area contributed by atoms with Crippen LogP contribution in [0.4, 0.5) is 13.2 Å². The number of halogens is 5. The van der Waals surface area contributed by atoms with Crippen molar-refractivity contribution in [2.24, 2.45) is 0 Å². The summed E-state index contributed by atoms with van der Waals surface area (Å²) in [6.07, 6.45) is -4.39. The van der Waals surface area contributed by atoms with Crippen molar-refractivity contribution < 1.29 is 22.7 Å². The third-order valence-electron chi connectivity index (χ3n) is 1.98. The molecule has 3 nitrogen and oxygen atoms in total. The zero-order valence-corrected chi connectivity index (χ0v) is 13.7. The van der Waals surface area contributed by atoms with Gasteiger partial charge in [0.25, 0.3) is 0 Å². The highest BCUT2D eigenvalue weighted by Gasteiger charge is 2.32. The monoisotopic (exact) mass is 423 g/mol. The smallest absolute Gasteiger partial charge is 0.401 e. The van der Waals surface area contributed by atoms with Gasteiger partial charge in [-0.05, 0) is 44.8 Å². The van der Waals surface area contributed by atoms with Crippen molar-refractivity contribution in [2.45, 2.75) is 19.1 Å². The van der Waals surface area contributed by atoms with Crippen LogP contribution in [0.2, 0.25) is 0 Å². The van der Waals surface area contributed by atoms with Gasteiger partial charge in [0.05, 0.1) is 16.9 Å². The molecule has 0 radical (unpaired) electrons. The van der Waals surface area contributed by atoms with Crippen molar-refractivity contribution in [3.8, 4) is 0 Å². The molecular formula is C10H10Br2F3NO2S. The topological polar surface area (TPSA) is 38.3 Å². The van der Waals surface area contributed by atoms with E-state index >= 15 is 0 Å². The van der Waals surface area contributed by atoms with E-state index in [2.05, 4.69) is 37.2 Å². The number of hydrogen-bond donors (Lipinski definition) is 1. The molecule has 1 heterocycles. The molecule has 0 saturated heterocycles. The molecule has 1 rings (SSSR count). The molecule has 1 unspecified atom stereocenters. The summed E-state index contributed by atoms with van der Waals surface area (Å²) >= 11 is 7.62. The van der Waals surface area contributed by atoms with Gasteiger partial charge in [-0.2, -0.15) is 13.2 Å². The van der Waals surface area contributed by atoms with Crippen LogP contribution in [0.3, 0.4) is 0 Å². The molecule has 0 aliphatic rings. The summed E-state index contributed by atoms with van der Waals surface area (Å²) in [6.45, 7) is 0.444. The lowest BCUT2D eigenvalue weighted by Crippen LogP contribution is -2.36. The van der Waals surface area contributed by atoms with Crippen molar-refractivity contribution >= 4 is 49.2 Å². The maximum absolute atomic E-state index is 12.2. The van der Waals surface area contributed by atoms with Crippen LogP contribution in [0, 0.1) is 0 Å². The number of esters is 1. The normalized spacial score (nSPS) is 13.4. The first-order valence-electron chi connectivity index (χ1n) is 5.16. The van der Waals surface area contributed by atoms with Gasteiger partial charge in [-0.3, -0.25) is 5.32 Å². The van der Waals surface area contributed by atoms with Gasteiger partial charge in [0, 0.05) is 9.35 Å². The van der Waals surface area contributed by atoms with Gasteiger partial charge in [-0.15, -0.1) is 11.3 Å². The second-order valence-electron chi connectivity index (χ2n) is 3.45. The first-order chi connectivity index (χ1) is 8.74. The summed E-state index contributed by atoms with van der Waals surface area (Å²) in [6, 6.07) is 0.453. The van der Waals surface area contributed by atoms with Gasteiger partial charge in [0.15, 0.2) is 0 Å². The Bertz CT molecular complexity index is 431. The van der Waals surface area contributed by atoms with Crippen molar-refractivity contribution in [3.63, 3.8) is 0 Å². The van der Waals surface area contributed by atoms with Gasteiger partial charge in [0.1, 0.15) is 6.04 Å². The van der Waals surface area contributed by atoms with Crippen LogP contribution in [-0.2, 0) is 9.53 Å². The molecule has 0 saturated carbocycles. The molecule has 1 aromatic rings. The highest BCUT2D eigenvalue weighted by atomic mass is 79.9. The second kappa shape index (κ2) is 7.05. The fourth-order valence-corrected chi connectivity index (χ4v) is 3.40. The van der Waals surface area contributed by atoms with E-state index in [-0.39, 0.29) is 6.61 Å². The van der Waals surface area contributed by atoms with Crippen LogP contribution in [-0.4, -0.2) is 25.3 Å². The number of carbonyl (C=O) groups excluding carboxylic acids is 1.